The lowest BCUT2D eigenvalue weighted by molar-refractivity contribution is -0.112. The maximum absolute atomic E-state index is 12.2. The molecule has 1 aromatic rings. The number of hydrogen-bond donors (Lipinski definition) is 2. The minimum atomic E-state index is -0.497. The summed E-state index contributed by atoms with van der Waals surface area (Å²) in [6.45, 7) is 1.57. The molecule has 3 N–H and O–H groups in total. The van der Waals surface area contributed by atoms with Crippen LogP contribution >= 0.6 is 11.6 Å². The molecule has 0 saturated carbocycles. The molecule has 1 aliphatic rings. The highest BCUT2D eigenvalue weighted by atomic mass is 35.5. The van der Waals surface area contributed by atoms with Gasteiger partial charge < -0.3 is 16.0 Å². The Morgan fingerprint density at radius 2 is 1.86 bits per heavy atom. The van der Waals surface area contributed by atoms with Gasteiger partial charge in [0.05, 0.1) is 0 Å². The highest BCUT2D eigenvalue weighted by Gasteiger charge is 2.20. The number of halogens is 1. The second kappa shape index (κ2) is 7.00. The standard InChI is InChI=1S/C15H17ClN4O/c16-11-4-6-12(7-5-11)19-15(21)13(10-17)14(18)20-8-2-1-3-9-20/h4-7H,1-3,8-9,18H2,(H,19,21)/b14-13-. The molecule has 0 radical (unpaired) electrons. The van der Waals surface area contributed by atoms with Crippen molar-refractivity contribution in [2.75, 3.05) is 18.4 Å². The van der Waals surface area contributed by atoms with Crippen LogP contribution in [-0.4, -0.2) is 23.9 Å². The number of piperidine rings is 1. The van der Waals surface area contributed by atoms with Gasteiger partial charge in [0, 0.05) is 23.8 Å². The Bertz CT molecular complexity index is 583. The molecule has 2 rings (SSSR count). The van der Waals surface area contributed by atoms with Gasteiger partial charge in [0.2, 0.25) is 0 Å². The molecule has 21 heavy (non-hydrogen) atoms. The van der Waals surface area contributed by atoms with E-state index in [1.165, 1.54) is 0 Å². The minimum absolute atomic E-state index is 0.0492. The fourth-order valence-corrected chi connectivity index (χ4v) is 2.37. The molecule has 1 aliphatic heterocycles. The summed E-state index contributed by atoms with van der Waals surface area (Å²) in [5.41, 5.74) is 6.51. The van der Waals surface area contributed by atoms with E-state index in [2.05, 4.69) is 5.32 Å². The van der Waals surface area contributed by atoms with Crippen molar-refractivity contribution in [2.24, 2.45) is 5.73 Å². The molecule has 6 heteroatoms. The van der Waals surface area contributed by atoms with Gasteiger partial charge in [0.15, 0.2) is 5.57 Å². The van der Waals surface area contributed by atoms with E-state index in [1.807, 2.05) is 11.0 Å². The Labute approximate surface area is 129 Å². The van der Waals surface area contributed by atoms with Gasteiger partial charge in [-0.25, -0.2) is 0 Å². The summed E-state index contributed by atoms with van der Waals surface area (Å²) in [6, 6.07) is 8.59. The van der Waals surface area contributed by atoms with E-state index >= 15 is 0 Å². The molecule has 1 amide bonds. The first-order valence-corrected chi connectivity index (χ1v) is 7.21. The molecule has 1 fully saturated rings. The molecule has 5 nitrogen and oxygen atoms in total. The fraction of sp³-hybridized carbons (Fsp3) is 0.333. The smallest absolute Gasteiger partial charge is 0.270 e. The number of rotatable bonds is 3. The molecule has 0 aliphatic carbocycles. The van der Waals surface area contributed by atoms with Crippen molar-refractivity contribution in [3.8, 4) is 6.07 Å². The van der Waals surface area contributed by atoms with Crippen LogP contribution < -0.4 is 11.1 Å². The first kappa shape index (κ1) is 15.2. The van der Waals surface area contributed by atoms with Crippen molar-refractivity contribution in [3.63, 3.8) is 0 Å². The van der Waals surface area contributed by atoms with E-state index in [-0.39, 0.29) is 11.4 Å². The highest BCUT2D eigenvalue weighted by molar-refractivity contribution is 6.30. The van der Waals surface area contributed by atoms with Crippen molar-refractivity contribution < 1.29 is 4.79 Å². The third-order valence-corrected chi connectivity index (χ3v) is 3.65. The Morgan fingerprint density at radius 1 is 1.24 bits per heavy atom. The van der Waals surface area contributed by atoms with Crippen molar-refractivity contribution in [1.29, 1.82) is 5.26 Å². The third kappa shape index (κ3) is 3.89. The average molecular weight is 305 g/mol. The number of nitrogens with zero attached hydrogens (tertiary/aromatic N) is 2. The SMILES string of the molecule is N#C/C(C(=O)Nc1ccc(Cl)cc1)=C(\N)N1CCCCC1. The normalized spacial score (nSPS) is 15.9. The van der Waals surface area contributed by atoms with Crippen molar-refractivity contribution >= 4 is 23.2 Å². The van der Waals surface area contributed by atoms with Gasteiger partial charge in [-0.1, -0.05) is 11.6 Å². The predicted octanol–water partition coefficient (Wildman–Crippen LogP) is 2.46. The number of nitrogens with two attached hydrogens (primary N) is 1. The molecule has 0 aromatic heterocycles. The van der Waals surface area contributed by atoms with Gasteiger partial charge in [-0.3, -0.25) is 4.79 Å². The fourth-order valence-electron chi connectivity index (χ4n) is 2.24. The lowest BCUT2D eigenvalue weighted by Gasteiger charge is -2.29. The van der Waals surface area contributed by atoms with E-state index in [9.17, 15) is 10.1 Å². The molecular weight excluding hydrogens is 288 g/mol. The van der Waals surface area contributed by atoms with Gasteiger partial charge >= 0.3 is 0 Å². The Balaban J connectivity index is 2.14. The number of benzene rings is 1. The van der Waals surface area contributed by atoms with Crippen LogP contribution in [-0.2, 0) is 4.79 Å². The number of carbonyl (C=O) groups excluding carboxylic acids is 1. The van der Waals surface area contributed by atoms with Crippen LogP contribution in [0.5, 0.6) is 0 Å². The molecule has 0 unspecified atom stereocenters. The zero-order valence-electron chi connectivity index (χ0n) is 11.6. The van der Waals surface area contributed by atoms with E-state index in [4.69, 9.17) is 17.3 Å². The van der Waals surface area contributed by atoms with E-state index < -0.39 is 5.91 Å². The van der Waals surface area contributed by atoms with Crippen LogP contribution in [0, 0.1) is 11.3 Å². The number of amides is 1. The van der Waals surface area contributed by atoms with E-state index in [0.29, 0.717) is 10.7 Å². The van der Waals surface area contributed by atoms with E-state index in [0.717, 1.165) is 32.4 Å². The van der Waals surface area contributed by atoms with Gasteiger partial charge in [0.25, 0.3) is 5.91 Å². The van der Waals surface area contributed by atoms with Crippen LogP contribution in [0.2, 0.25) is 5.02 Å². The summed E-state index contributed by atoms with van der Waals surface area (Å²) >= 11 is 5.79. The van der Waals surface area contributed by atoms with Crippen LogP contribution in [0.1, 0.15) is 19.3 Å². The van der Waals surface area contributed by atoms with Crippen LogP contribution in [0.4, 0.5) is 5.69 Å². The molecule has 0 atom stereocenters. The molecule has 0 bridgehead atoms. The maximum atomic E-state index is 12.2. The van der Waals surface area contributed by atoms with Gasteiger partial charge in [-0.2, -0.15) is 5.26 Å². The topological polar surface area (TPSA) is 82.1 Å². The molecule has 0 spiro atoms. The summed E-state index contributed by atoms with van der Waals surface area (Å²) in [6.07, 6.45) is 3.21. The summed E-state index contributed by atoms with van der Waals surface area (Å²) in [5, 5.41) is 12.5. The van der Waals surface area contributed by atoms with Crippen LogP contribution in [0.25, 0.3) is 0 Å². The summed E-state index contributed by atoms with van der Waals surface area (Å²) < 4.78 is 0. The molecule has 1 aromatic carbocycles. The maximum Gasteiger partial charge on any atom is 0.270 e. The van der Waals surface area contributed by atoms with Gasteiger partial charge in [0.1, 0.15) is 11.9 Å². The summed E-state index contributed by atoms with van der Waals surface area (Å²) in [7, 11) is 0. The monoisotopic (exact) mass is 304 g/mol. The Hall–Kier alpha value is -2.19. The second-order valence-electron chi connectivity index (χ2n) is 4.88. The Kier molecular flexibility index (Phi) is 5.07. The minimum Gasteiger partial charge on any atom is -0.384 e. The number of likely N-dealkylation sites (tertiary alicyclic amines) is 1. The number of carbonyl (C=O) groups is 1. The lowest BCUT2D eigenvalue weighted by atomic mass is 10.1. The lowest BCUT2D eigenvalue weighted by Crippen LogP contribution is -2.35. The number of nitrogens with one attached hydrogen (secondary N) is 1. The second-order valence-corrected chi connectivity index (χ2v) is 5.32. The first-order valence-electron chi connectivity index (χ1n) is 6.83. The summed E-state index contributed by atoms with van der Waals surface area (Å²) in [5.74, 6) is -0.244. The molecular formula is C15H17ClN4O. The van der Waals surface area contributed by atoms with Crippen LogP contribution in [0.15, 0.2) is 35.7 Å². The number of nitriles is 1. The zero-order chi connectivity index (χ0) is 15.2. The molecule has 110 valence electrons. The quantitative estimate of drug-likeness (QED) is 0.664. The first-order chi connectivity index (χ1) is 10.1. The number of hydrogen-bond acceptors (Lipinski definition) is 4. The van der Waals surface area contributed by atoms with E-state index in [1.54, 1.807) is 24.3 Å². The van der Waals surface area contributed by atoms with Crippen LogP contribution in [0.3, 0.4) is 0 Å². The average Bonchev–Trinajstić information content (AvgIpc) is 2.51. The Morgan fingerprint density at radius 3 is 2.43 bits per heavy atom. The zero-order valence-corrected chi connectivity index (χ0v) is 12.4. The molecule has 1 heterocycles. The van der Waals surface area contributed by atoms with Crippen molar-refractivity contribution in [3.05, 3.63) is 40.7 Å². The predicted molar refractivity (Wildman–Crippen MR) is 82.3 cm³/mol. The highest BCUT2D eigenvalue weighted by Crippen LogP contribution is 2.17. The van der Waals surface area contributed by atoms with Crippen molar-refractivity contribution in [1.82, 2.24) is 4.90 Å². The summed E-state index contributed by atoms with van der Waals surface area (Å²) in [4.78, 5) is 14.1. The van der Waals surface area contributed by atoms with Gasteiger partial charge in [-0.15, -0.1) is 0 Å². The molecule has 1 saturated heterocycles. The van der Waals surface area contributed by atoms with Crippen molar-refractivity contribution in [2.45, 2.75) is 19.3 Å². The van der Waals surface area contributed by atoms with Gasteiger partial charge in [-0.05, 0) is 43.5 Å². The largest absolute Gasteiger partial charge is 0.384 e. The third-order valence-electron chi connectivity index (χ3n) is 3.39. The number of anilines is 1.